The standard InChI is InChI=1S/C16H22ClFO/c1-19-16-10-8-13(18)11-14(16)15(17)9-7-12-5-3-2-4-6-12/h8,10-12,15H,2-7,9H2,1H3. The number of halogens is 2. The van der Waals surface area contributed by atoms with Crippen molar-refractivity contribution in [3.63, 3.8) is 0 Å². The molecule has 1 aliphatic carbocycles. The molecule has 0 radical (unpaired) electrons. The third-order valence-electron chi connectivity index (χ3n) is 4.08. The molecule has 1 aromatic carbocycles. The summed E-state index contributed by atoms with van der Waals surface area (Å²) >= 11 is 6.43. The largest absolute Gasteiger partial charge is 0.496 e. The summed E-state index contributed by atoms with van der Waals surface area (Å²) in [5, 5.41) is -0.160. The van der Waals surface area contributed by atoms with Crippen molar-refractivity contribution < 1.29 is 9.13 Å². The Bertz CT molecular complexity index is 402. The minimum Gasteiger partial charge on any atom is -0.496 e. The molecule has 1 unspecified atom stereocenters. The first-order valence-electron chi connectivity index (χ1n) is 7.18. The van der Waals surface area contributed by atoms with Crippen molar-refractivity contribution in [3.8, 4) is 5.75 Å². The van der Waals surface area contributed by atoms with Gasteiger partial charge in [0, 0.05) is 5.56 Å². The first-order chi connectivity index (χ1) is 9.20. The molecule has 1 nitrogen and oxygen atoms in total. The fourth-order valence-electron chi connectivity index (χ4n) is 2.96. The van der Waals surface area contributed by atoms with Gasteiger partial charge in [0.15, 0.2) is 0 Å². The van der Waals surface area contributed by atoms with E-state index in [1.54, 1.807) is 13.2 Å². The van der Waals surface area contributed by atoms with Crippen LogP contribution >= 0.6 is 11.6 Å². The van der Waals surface area contributed by atoms with E-state index in [1.165, 1.54) is 44.2 Å². The van der Waals surface area contributed by atoms with Crippen LogP contribution in [0.25, 0.3) is 0 Å². The minimum absolute atomic E-state index is 0.160. The number of alkyl halides is 1. The van der Waals surface area contributed by atoms with E-state index in [0.29, 0.717) is 5.75 Å². The summed E-state index contributed by atoms with van der Waals surface area (Å²) in [4.78, 5) is 0. The fraction of sp³-hybridized carbons (Fsp3) is 0.625. The summed E-state index contributed by atoms with van der Waals surface area (Å²) < 4.78 is 18.6. The van der Waals surface area contributed by atoms with Gasteiger partial charge in [-0.1, -0.05) is 32.1 Å². The van der Waals surface area contributed by atoms with Gasteiger partial charge in [-0.25, -0.2) is 4.39 Å². The van der Waals surface area contributed by atoms with E-state index >= 15 is 0 Å². The average molecular weight is 285 g/mol. The Kier molecular flexibility index (Phi) is 5.50. The van der Waals surface area contributed by atoms with Crippen LogP contribution in [0.1, 0.15) is 55.9 Å². The summed E-state index contributed by atoms with van der Waals surface area (Å²) in [6, 6.07) is 4.56. The lowest BCUT2D eigenvalue weighted by molar-refractivity contribution is 0.330. The summed E-state index contributed by atoms with van der Waals surface area (Å²) in [5.74, 6) is 1.23. The maximum Gasteiger partial charge on any atom is 0.123 e. The molecule has 0 spiro atoms. The van der Waals surface area contributed by atoms with Gasteiger partial charge in [0.05, 0.1) is 12.5 Å². The Balaban J connectivity index is 1.94. The third kappa shape index (κ3) is 4.10. The van der Waals surface area contributed by atoms with Crippen LogP contribution in [-0.2, 0) is 0 Å². The zero-order chi connectivity index (χ0) is 13.7. The van der Waals surface area contributed by atoms with Crippen molar-refractivity contribution in [1.29, 1.82) is 0 Å². The monoisotopic (exact) mass is 284 g/mol. The van der Waals surface area contributed by atoms with Crippen molar-refractivity contribution in [2.75, 3.05) is 7.11 Å². The normalized spacial score (nSPS) is 18.3. The SMILES string of the molecule is COc1ccc(F)cc1C(Cl)CCC1CCCCC1. The van der Waals surface area contributed by atoms with E-state index in [2.05, 4.69) is 0 Å². The van der Waals surface area contributed by atoms with Crippen LogP contribution in [-0.4, -0.2) is 7.11 Å². The zero-order valence-electron chi connectivity index (χ0n) is 11.5. The molecule has 1 aliphatic rings. The molecule has 3 heteroatoms. The first kappa shape index (κ1) is 14.6. The van der Waals surface area contributed by atoms with Crippen molar-refractivity contribution in [2.24, 2.45) is 5.92 Å². The molecule has 2 rings (SSSR count). The van der Waals surface area contributed by atoms with Crippen LogP contribution < -0.4 is 4.74 Å². The number of rotatable bonds is 5. The molecule has 0 aromatic heterocycles. The van der Waals surface area contributed by atoms with E-state index in [9.17, 15) is 4.39 Å². The topological polar surface area (TPSA) is 9.23 Å². The molecular formula is C16H22ClFO. The lowest BCUT2D eigenvalue weighted by Crippen LogP contribution is -2.07. The van der Waals surface area contributed by atoms with Crippen molar-refractivity contribution in [3.05, 3.63) is 29.6 Å². The molecule has 1 fully saturated rings. The predicted octanol–water partition coefficient (Wildman–Crippen LogP) is 5.47. The van der Waals surface area contributed by atoms with Gasteiger partial charge in [0.25, 0.3) is 0 Å². The third-order valence-corrected chi connectivity index (χ3v) is 4.54. The number of hydrogen-bond donors (Lipinski definition) is 0. The molecule has 0 saturated heterocycles. The maximum atomic E-state index is 13.3. The summed E-state index contributed by atoms with van der Waals surface area (Å²) in [6.45, 7) is 0. The molecule has 106 valence electrons. The molecule has 0 bridgehead atoms. The summed E-state index contributed by atoms with van der Waals surface area (Å²) in [7, 11) is 1.60. The molecule has 0 amide bonds. The molecule has 0 heterocycles. The zero-order valence-corrected chi connectivity index (χ0v) is 12.3. The second kappa shape index (κ2) is 7.14. The lowest BCUT2D eigenvalue weighted by atomic mass is 9.85. The van der Waals surface area contributed by atoms with Gasteiger partial charge in [-0.3, -0.25) is 0 Å². The number of benzene rings is 1. The lowest BCUT2D eigenvalue weighted by Gasteiger charge is -2.23. The van der Waals surface area contributed by atoms with Gasteiger partial charge < -0.3 is 4.74 Å². The predicted molar refractivity (Wildman–Crippen MR) is 77.4 cm³/mol. The molecule has 1 saturated carbocycles. The minimum atomic E-state index is -0.251. The molecule has 19 heavy (non-hydrogen) atoms. The highest BCUT2D eigenvalue weighted by molar-refractivity contribution is 6.21. The van der Waals surface area contributed by atoms with Crippen molar-refractivity contribution in [2.45, 2.75) is 50.3 Å². The van der Waals surface area contributed by atoms with Crippen LogP contribution in [0.3, 0.4) is 0 Å². The quantitative estimate of drug-likeness (QED) is 0.651. The van der Waals surface area contributed by atoms with Crippen LogP contribution in [0.2, 0.25) is 0 Å². The van der Waals surface area contributed by atoms with E-state index in [1.807, 2.05) is 0 Å². The number of hydrogen-bond acceptors (Lipinski definition) is 1. The molecular weight excluding hydrogens is 263 g/mol. The summed E-state index contributed by atoms with van der Waals surface area (Å²) in [6.07, 6.45) is 8.74. The number of methoxy groups -OCH3 is 1. The Morgan fingerprint density at radius 1 is 1.32 bits per heavy atom. The van der Waals surface area contributed by atoms with E-state index in [4.69, 9.17) is 16.3 Å². The maximum absolute atomic E-state index is 13.3. The smallest absolute Gasteiger partial charge is 0.123 e. The average Bonchev–Trinajstić information content (AvgIpc) is 2.46. The van der Waals surface area contributed by atoms with Gasteiger partial charge in [-0.05, 0) is 37.0 Å². The first-order valence-corrected chi connectivity index (χ1v) is 7.62. The highest BCUT2D eigenvalue weighted by Gasteiger charge is 2.18. The fourth-order valence-corrected chi connectivity index (χ4v) is 3.26. The van der Waals surface area contributed by atoms with Crippen molar-refractivity contribution in [1.82, 2.24) is 0 Å². The molecule has 1 atom stereocenters. The van der Waals surface area contributed by atoms with Gasteiger partial charge in [0.1, 0.15) is 11.6 Å². The van der Waals surface area contributed by atoms with Gasteiger partial charge in [-0.15, -0.1) is 11.6 Å². The Labute approximate surface area is 120 Å². The molecule has 1 aromatic rings. The number of ether oxygens (including phenoxy) is 1. The van der Waals surface area contributed by atoms with E-state index in [0.717, 1.165) is 24.3 Å². The van der Waals surface area contributed by atoms with Gasteiger partial charge in [0.2, 0.25) is 0 Å². The summed E-state index contributed by atoms with van der Waals surface area (Å²) in [5.41, 5.74) is 0.778. The van der Waals surface area contributed by atoms with Crippen LogP contribution in [0.15, 0.2) is 18.2 Å². The van der Waals surface area contributed by atoms with Gasteiger partial charge in [-0.2, -0.15) is 0 Å². The Morgan fingerprint density at radius 2 is 2.05 bits per heavy atom. The molecule has 0 N–H and O–H groups in total. The van der Waals surface area contributed by atoms with Crippen LogP contribution in [0.4, 0.5) is 4.39 Å². The van der Waals surface area contributed by atoms with E-state index < -0.39 is 0 Å². The second-order valence-electron chi connectivity index (χ2n) is 5.44. The van der Waals surface area contributed by atoms with E-state index in [-0.39, 0.29) is 11.2 Å². The van der Waals surface area contributed by atoms with Gasteiger partial charge >= 0.3 is 0 Å². The highest BCUT2D eigenvalue weighted by atomic mass is 35.5. The Morgan fingerprint density at radius 3 is 2.74 bits per heavy atom. The highest BCUT2D eigenvalue weighted by Crippen LogP contribution is 2.36. The van der Waals surface area contributed by atoms with Crippen molar-refractivity contribution >= 4 is 11.6 Å². The second-order valence-corrected chi connectivity index (χ2v) is 5.96. The Hall–Kier alpha value is -0.760. The van der Waals surface area contributed by atoms with Crippen LogP contribution in [0, 0.1) is 11.7 Å². The molecule has 0 aliphatic heterocycles. The van der Waals surface area contributed by atoms with Crippen LogP contribution in [0.5, 0.6) is 5.75 Å².